The summed E-state index contributed by atoms with van der Waals surface area (Å²) in [6.45, 7) is 12.7. The first kappa shape index (κ1) is 18.5. The van der Waals surface area contributed by atoms with Gasteiger partial charge in [-0.2, -0.15) is 0 Å². The van der Waals surface area contributed by atoms with E-state index in [1.54, 1.807) is 0 Å². The largest absolute Gasteiger partial charge is 0.490 e. The van der Waals surface area contributed by atoms with Gasteiger partial charge in [0.1, 0.15) is 0 Å². The second-order valence-corrected chi connectivity index (χ2v) is 7.67. The lowest BCUT2D eigenvalue weighted by Gasteiger charge is -2.32. The summed E-state index contributed by atoms with van der Waals surface area (Å²) in [7, 11) is -0.247. The van der Waals surface area contributed by atoms with Crippen molar-refractivity contribution in [1.82, 2.24) is 0 Å². The molecule has 0 spiro atoms. The van der Waals surface area contributed by atoms with E-state index in [0.717, 1.165) is 25.7 Å². The van der Waals surface area contributed by atoms with Crippen molar-refractivity contribution in [3.05, 3.63) is 11.5 Å². The summed E-state index contributed by atoms with van der Waals surface area (Å²) >= 11 is 0. The van der Waals surface area contributed by atoms with E-state index in [2.05, 4.69) is 40.7 Å². The molecule has 1 saturated heterocycles. The Kier molecular flexibility index (Phi) is 5.62. The summed E-state index contributed by atoms with van der Waals surface area (Å²) in [5.41, 5.74) is 0.622. The Morgan fingerprint density at radius 3 is 2.35 bits per heavy atom. The standard InChI is InChI=1S/C18H31BO4/c1-7-15(16(20)21-8-2)13-9-11-14(12-10-13)19-22-17(3,4)18(5,6)23-19/h11,13,15H,7-10,12H2,1-6H3. The van der Waals surface area contributed by atoms with Crippen LogP contribution in [0.3, 0.4) is 0 Å². The molecule has 130 valence electrons. The van der Waals surface area contributed by atoms with E-state index in [9.17, 15) is 4.79 Å². The summed E-state index contributed by atoms with van der Waals surface area (Å²) in [6.07, 6.45) is 5.88. The fourth-order valence-corrected chi connectivity index (χ4v) is 3.39. The van der Waals surface area contributed by atoms with Gasteiger partial charge in [0.15, 0.2) is 0 Å². The van der Waals surface area contributed by atoms with Gasteiger partial charge in [-0.1, -0.05) is 13.0 Å². The van der Waals surface area contributed by atoms with Crippen LogP contribution in [0.5, 0.6) is 0 Å². The van der Waals surface area contributed by atoms with Crippen LogP contribution in [-0.2, 0) is 18.8 Å². The first-order valence-corrected chi connectivity index (χ1v) is 8.93. The van der Waals surface area contributed by atoms with Crippen molar-refractivity contribution >= 4 is 13.1 Å². The second kappa shape index (κ2) is 6.98. The third kappa shape index (κ3) is 3.82. The molecule has 2 aliphatic rings. The molecule has 2 rings (SSSR count). The Hall–Kier alpha value is -0.805. The molecule has 0 aromatic heterocycles. The van der Waals surface area contributed by atoms with Crippen molar-refractivity contribution in [2.45, 2.75) is 78.4 Å². The molecule has 0 radical (unpaired) electrons. The highest BCUT2D eigenvalue weighted by atomic mass is 16.7. The van der Waals surface area contributed by atoms with Gasteiger partial charge < -0.3 is 14.0 Å². The van der Waals surface area contributed by atoms with E-state index >= 15 is 0 Å². The summed E-state index contributed by atoms with van der Waals surface area (Å²) < 4.78 is 17.5. The number of rotatable bonds is 5. The zero-order valence-electron chi connectivity index (χ0n) is 15.5. The molecule has 1 fully saturated rings. The molecule has 0 saturated carbocycles. The third-order valence-electron chi connectivity index (χ3n) is 5.64. The molecule has 23 heavy (non-hydrogen) atoms. The van der Waals surface area contributed by atoms with Crippen molar-refractivity contribution in [3.8, 4) is 0 Å². The van der Waals surface area contributed by atoms with E-state index in [1.165, 1.54) is 5.47 Å². The van der Waals surface area contributed by atoms with Gasteiger partial charge in [-0.25, -0.2) is 0 Å². The lowest BCUT2D eigenvalue weighted by Crippen LogP contribution is -2.41. The maximum absolute atomic E-state index is 12.1. The van der Waals surface area contributed by atoms with E-state index < -0.39 is 0 Å². The first-order chi connectivity index (χ1) is 10.7. The van der Waals surface area contributed by atoms with E-state index in [0.29, 0.717) is 12.5 Å². The van der Waals surface area contributed by atoms with E-state index in [4.69, 9.17) is 14.0 Å². The topological polar surface area (TPSA) is 44.8 Å². The van der Waals surface area contributed by atoms with Gasteiger partial charge in [0.25, 0.3) is 0 Å². The quantitative estimate of drug-likeness (QED) is 0.568. The maximum Gasteiger partial charge on any atom is 0.490 e. The number of carbonyl (C=O) groups excluding carboxylic acids is 1. The third-order valence-corrected chi connectivity index (χ3v) is 5.64. The molecule has 0 N–H and O–H groups in total. The van der Waals surface area contributed by atoms with Gasteiger partial charge in [-0.05, 0) is 71.7 Å². The van der Waals surface area contributed by atoms with Crippen LogP contribution in [0.15, 0.2) is 11.5 Å². The Morgan fingerprint density at radius 1 is 1.30 bits per heavy atom. The minimum absolute atomic E-state index is 0.00560. The van der Waals surface area contributed by atoms with Crippen LogP contribution in [0.1, 0.15) is 67.2 Å². The van der Waals surface area contributed by atoms with Gasteiger partial charge in [-0.15, -0.1) is 0 Å². The average molecular weight is 322 g/mol. The molecule has 0 bridgehead atoms. The SMILES string of the molecule is CCOC(=O)C(CC)C1CC=C(B2OC(C)(C)C(C)(C)O2)CC1. The second-order valence-electron chi connectivity index (χ2n) is 7.67. The zero-order chi connectivity index (χ0) is 17.3. The van der Waals surface area contributed by atoms with Gasteiger partial charge >= 0.3 is 13.1 Å². The fourth-order valence-electron chi connectivity index (χ4n) is 3.39. The highest BCUT2D eigenvalue weighted by Gasteiger charge is 2.52. The minimum atomic E-state index is -0.299. The molecule has 0 aromatic carbocycles. The number of allylic oxidation sites excluding steroid dienone is 2. The maximum atomic E-state index is 12.1. The summed E-state index contributed by atoms with van der Waals surface area (Å²) in [4.78, 5) is 12.1. The monoisotopic (exact) mass is 322 g/mol. The van der Waals surface area contributed by atoms with Gasteiger partial charge in [-0.3, -0.25) is 4.79 Å². The molecule has 0 amide bonds. The van der Waals surface area contributed by atoms with Crippen LogP contribution in [0.4, 0.5) is 0 Å². The number of hydrogen-bond donors (Lipinski definition) is 0. The molecular weight excluding hydrogens is 291 g/mol. The van der Waals surface area contributed by atoms with Gasteiger partial charge in [0.2, 0.25) is 0 Å². The highest BCUT2D eigenvalue weighted by molar-refractivity contribution is 6.54. The van der Waals surface area contributed by atoms with Gasteiger partial charge in [0.05, 0.1) is 23.7 Å². The van der Waals surface area contributed by atoms with Crippen LogP contribution >= 0.6 is 0 Å². The van der Waals surface area contributed by atoms with Crippen LogP contribution in [0.2, 0.25) is 0 Å². The van der Waals surface area contributed by atoms with Gasteiger partial charge in [0, 0.05) is 0 Å². The van der Waals surface area contributed by atoms with Crippen molar-refractivity contribution in [2.75, 3.05) is 6.61 Å². The molecular formula is C18H31BO4. The molecule has 2 atom stereocenters. The Morgan fingerprint density at radius 2 is 1.91 bits per heavy atom. The van der Waals surface area contributed by atoms with Crippen molar-refractivity contribution in [2.24, 2.45) is 11.8 Å². The molecule has 4 nitrogen and oxygen atoms in total. The van der Waals surface area contributed by atoms with Crippen molar-refractivity contribution < 1.29 is 18.8 Å². The number of hydrogen-bond acceptors (Lipinski definition) is 4. The van der Waals surface area contributed by atoms with Crippen molar-refractivity contribution in [1.29, 1.82) is 0 Å². The number of carbonyl (C=O) groups is 1. The van der Waals surface area contributed by atoms with Crippen molar-refractivity contribution in [3.63, 3.8) is 0 Å². The predicted octanol–water partition coefficient (Wildman–Crippen LogP) is 3.93. The lowest BCUT2D eigenvalue weighted by molar-refractivity contribution is -0.150. The van der Waals surface area contributed by atoms with Crippen LogP contribution < -0.4 is 0 Å². The Bertz CT molecular complexity index is 454. The average Bonchev–Trinajstić information content (AvgIpc) is 2.69. The van der Waals surface area contributed by atoms with Crippen LogP contribution in [-0.4, -0.2) is 30.9 Å². The first-order valence-electron chi connectivity index (χ1n) is 8.93. The molecule has 1 heterocycles. The van der Waals surface area contributed by atoms with Crippen LogP contribution in [0, 0.1) is 11.8 Å². The van der Waals surface area contributed by atoms with Crippen LogP contribution in [0.25, 0.3) is 0 Å². The number of esters is 1. The molecule has 2 unspecified atom stereocenters. The summed E-state index contributed by atoms with van der Waals surface area (Å²) in [5.74, 6) is 0.323. The summed E-state index contributed by atoms with van der Waals surface area (Å²) in [6, 6.07) is 0. The number of ether oxygens (including phenoxy) is 1. The highest BCUT2D eigenvalue weighted by Crippen LogP contribution is 2.41. The Labute approximate surface area is 141 Å². The molecule has 1 aliphatic heterocycles. The zero-order valence-corrected chi connectivity index (χ0v) is 15.5. The molecule has 1 aliphatic carbocycles. The van der Waals surface area contributed by atoms with E-state index in [1.807, 2.05) is 6.92 Å². The molecule has 0 aromatic rings. The molecule has 5 heteroatoms. The predicted molar refractivity (Wildman–Crippen MR) is 91.9 cm³/mol. The minimum Gasteiger partial charge on any atom is -0.466 e. The normalized spacial score (nSPS) is 27.5. The lowest BCUT2D eigenvalue weighted by atomic mass is 9.68. The summed E-state index contributed by atoms with van der Waals surface area (Å²) in [5, 5.41) is 0. The Balaban J connectivity index is 2.00. The van der Waals surface area contributed by atoms with E-state index in [-0.39, 0.29) is 30.2 Å². The smallest absolute Gasteiger partial charge is 0.466 e. The fraction of sp³-hybridized carbons (Fsp3) is 0.833.